The Bertz CT molecular complexity index is 206. The van der Waals surface area contributed by atoms with Gasteiger partial charge in [0, 0.05) is 29.3 Å². The second kappa shape index (κ2) is 4.58. The molecule has 68 valence electrons. The molecule has 0 aromatic carbocycles. The van der Waals surface area contributed by atoms with E-state index >= 15 is 0 Å². The van der Waals surface area contributed by atoms with Crippen molar-refractivity contribution in [2.24, 2.45) is 0 Å². The zero-order chi connectivity index (χ0) is 8.97. The van der Waals surface area contributed by atoms with Crippen LogP contribution in [0.5, 0.6) is 0 Å². The van der Waals surface area contributed by atoms with Gasteiger partial charge in [-0.25, -0.2) is 0 Å². The Morgan fingerprint density at radius 1 is 1.58 bits per heavy atom. The molecular weight excluding hydrogens is 174 g/mol. The zero-order valence-corrected chi connectivity index (χ0v) is 7.97. The van der Waals surface area contributed by atoms with E-state index in [2.05, 4.69) is 0 Å². The van der Waals surface area contributed by atoms with Crippen LogP contribution in [0.15, 0.2) is 0 Å². The van der Waals surface area contributed by atoms with E-state index in [-0.39, 0.29) is 10.5 Å². The van der Waals surface area contributed by atoms with Gasteiger partial charge < -0.3 is 4.74 Å². The van der Waals surface area contributed by atoms with Crippen LogP contribution < -0.4 is 0 Å². The first-order valence-corrected chi connectivity index (χ1v) is 5.40. The molecule has 12 heavy (non-hydrogen) atoms. The standard InChI is InChI=1S/C8H13NO2S/c1-7(6-9)12(10)8-2-4-11-5-3-8/h7-8H,2-5H2,1H3. The molecule has 4 heteroatoms. The van der Waals surface area contributed by atoms with Crippen LogP contribution in [-0.4, -0.2) is 27.9 Å². The first kappa shape index (κ1) is 9.69. The molecule has 1 saturated heterocycles. The van der Waals surface area contributed by atoms with E-state index in [1.165, 1.54) is 0 Å². The van der Waals surface area contributed by atoms with Crippen LogP contribution in [0.2, 0.25) is 0 Å². The minimum Gasteiger partial charge on any atom is -0.381 e. The maximum atomic E-state index is 11.6. The number of hydrogen-bond acceptors (Lipinski definition) is 3. The van der Waals surface area contributed by atoms with Crippen molar-refractivity contribution < 1.29 is 8.95 Å². The predicted octanol–water partition coefficient (Wildman–Crippen LogP) is 0.826. The topological polar surface area (TPSA) is 50.1 Å². The molecule has 2 atom stereocenters. The Kier molecular flexibility index (Phi) is 3.70. The molecule has 1 aliphatic heterocycles. The van der Waals surface area contributed by atoms with Crippen molar-refractivity contribution in [1.82, 2.24) is 0 Å². The van der Waals surface area contributed by atoms with Gasteiger partial charge in [-0.3, -0.25) is 4.21 Å². The van der Waals surface area contributed by atoms with E-state index in [1.54, 1.807) is 6.92 Å². The second-order valence-electron chi connectivity index (χ2n) is 2.91. The predicted molar refractivity (Wildman–Crippen MR) is 47.1 cm³/mol. The van der Waals surface area contributed by atoms with Crippen molar-refractivity contribution in [3.05, 3.63) is 0 Å². The van der Waals surface area contributed by atoms with E-state index in [4.69, 9.17) is 10.00 Å². The van der Waals surface area contributed by atoms with E-state index in [1.807, 2.05) is 6.07 Å². The fraction of sp³-hybridized carbons (Fsp3) is 0.875. The van der Waals surface area contributed by atoms with Crippen LogP contribution in [0, 0.1) is 11.3 Å². The van der Waals surface area contributed by atoms with E-state index < -0.39 is 10.8 Å². The highest BCUT2D eigenvalue weighted by Gasteiger charge is 2.23. The van der Waals surface area contributed by atoms with Crippen molar-refractivity contribution in [2.75, 3.05) is 13.2 Å². The SMILES string of the molecule is CC(C#N)S(=O)C1CCOCC1. The highest BCUT2D eigenvalue weighted by atomic mass is 32.2. The molecule has 0 N–H and O–H groups in total. The quantitative estimate of drug-likeness (QED) is 0.643. The second-order valence-corrected chi connectivity index (χ2v) is 4.94. The average molecular weight is 187 g/mol. The average Bonchev–Trinajstić information content (AvgIpc) is 2.17. The van der Waals surface area contributed by atoms with Crippen LogP contribution >= 0.6 is 0 Å². The van der Waals surface area contributed by atoms with Gasteiger partial charge in [-0.05, 0) is 19.8 Å². The molecule has 1 heterocycles. The Labute approximate surface area is 75.2 Å². The first-order chi connectivity index (χ1) is 5.75. The van der Waals surface area contributed by atoms with Gasteiger partial charge in [0.05, 0.1) is 6.07 Å². The van der Waals surface area contributed by atoms with Crippen molar-refractivity contribution in [1.29, 1.82) is 5.26 Å². The van der Waals surface area contributed by atoms with Gasteiger partial charge >= 0.3 is 0 Å². The number of nitrogens with zero attached hydrogens (tertiary/aromatic N) is 1. The molecule has 0 radical (unpaired) electrons. The molecule has 0 aromatic heterocycles. The lowest BCUT2D eigenvalue weighted by Crippen LogP contribution is -2.29. The Hall–Kier alpha value is -0.400. The van der Waals surface area contributed by atoms with Crippen molar-refractivity contribution in [2.45, 2.75) is 30.3 Å². The first-order valence-electron chi connectivity index (χ1n) is 4.12. The molecule has 1 aliphatic rings. The van der Waals surface area contributed by atoms with E-state index in [0.29, 0.717) is 13.2 Å². The van der Waals surface area contributed by atoms with Gasteiger partial charge in [-0.15, -0.1) is 0 Å². The summed E-state index contributed by atoms with van der Waals surface area (Å²) in [6.45, 7) is 3.09. The highest BCUT2D eigenvalue weighted by molar-refractivity contribution is 7.86. The Morgan fingerprint density at radius 2 is 2.17 bits per heavy atom. The van der Waals surface area contributed by atoms with Gasteiger partial charge in [0.25, 0.3) is 0 Å². The fourth-order valence-electron chi connectivity index (χ4n) is 1.25. The molecule has 2 unspecified atom stereocenters. The van der Waals surface area contributed by atoms with Crippen LogP contribution in [0.25, 0.3) is 0 Å². The molecule has 0 saturated carbocycles. The summed E-state index contributed by atoms with van der Waals surface area (Å²) in [4.78, 5) is 0. The molecule has 0 spiro atoms. The summed E-state index contributed by atoms with van der Waals surface area (Å²) in [7, 11) is -0.992. The largest absolute Gasteiger partial charge is 0.381 e. The van der Waals surface area contributed by atoms with Crippen LogP contribution in [-0.2, 0) is 15.5 Å². The third kappa shape index (κ3) is 2.29. The van der Waals surface area contributed by atoms with Crippen molar-refractivity contribution in [3.63, 3.8) is 0 Å². The monoisotopic (exact) mass is 187 g/mol. The lowest BCUT2D eigenvalue weighted by Gasteiger charge is -2.21. The summed E-state index contributed by atoms with van der Waals surface area (Å²) < 4.78 is 16.7. The zero-order valence-electron chi connectivity index (χ0n) is 7.16. The number of ether oxygens (including phenoxy) is 1. The van der Waals surface area contributed by atoms with Gasteiger partial charge in [-0.2, -0.15) is 5.26 Å². The lowest BCUT2D eigenvalue weighted by molar-refractivity contribution is 0.0991. The summed E-state index contributed by atoms with van der Waals surface area (Å²) in [6, 6.07) is 2.02. The summed E-state index contributed by atoms with van der Waals surface area (Å²) >= 11 is 0. The molecule has 1 fully saturated rings. The maximum absolute atomic E-state index is 11.6. The van der Waals surface area contributed by atoms with Gasteiger partial charge in [-0.1, -0.05) is 0 Å². The fourth-order valence-corrected chi connectivity index (χ4v) is 2.59. The number of hydrogen-bond donors (Lipinski definition) is 0. The summed E-state index contributed by atoms with van der Waals surface area (Å²) in [5.41, 5.74) is 0. The van der Waals surface area contributed by atoms with E-state index in [9.17, 15) is 4.21 Å². The van der Waals surface area contributed by atoms with Crippen molar-refractivity contribution in [3.8, 4) is 6.07 Å². The summed E-state index contributed by atoms with van der Waals surface area (Å²) in [5.74, 6) is 0. The normalized spacial score (nSPS) is 24.3. The van der Waals surface area contributed by atoms with Crippen LogP contribution in [0.1, 0.15) is 19.8 Å². The third-order valence-corrected chi connectivity index (χ3v) is 3.96. The van der Waals surface area contributed by atoms with Gasteiger partial charge in [0.15, 0.2) is 0 Å². The Morgan fingerprint density at radius 3 is 2.67 bits per heavy atom. The van der Waals surface area contributed by atoms with Crippen molar-refractivity contribution >= 4 is 10.8 Å². The van der Waals surface area contributed by atoms with E-state index in [0.717, 1.165) is 12.8 Å². The molecule has 1 rings (SSSR count). The number of rotatable bonds is 2. The molecule has 0 bridgehead atoms. The van der Waals surface area contributed by atoms with Crippen LogP contribution in [0.3, 0.4) is 0 Å². The lowest BCUT2D eigenvalue weighted by atomic mass is 10.2. The molecule has 3 nitrogen and oxygen atoms in total. The maximum Gasteiger partial charge on any atom is 0.119 e. The van der Waals surface area contributed by atoms with Crippen LogP contribution in [0.4, 0.5) is 0 Å². The molecule has 0 amide bonds. The van der Waals surface area contributed by atoms with Gasteiger partial charge in [0.1, 0.15) is 5.25 Å². The highest BCUT2D eigenvalue weighted by Crippen LogP contribution is 2.15. The summed E-state index contributed by atoms with van der Waals surface area (Å²) in [5, 5.41) is 8.40. The molecular formula is C8H13NO2S. The minimum atomic E-state index is -0.992. The Balaban J connectivity index is 2.46. The van der Waals surface area contributed by atoms with Gasteiger partial charge in [0.2, 0.25) is 0 Å². The molecule has 0 aliphatic carbocycles. The minimum absolute atomic E-state index is 0.174. The summed E-state index contributed by atoms with van der Waals surface area (Å²) in [6.07, 6.45) is 1.66. The molecule has 0 aromatic rings. The number of nitriles is 1. The third-order valence-electron chi connectivity index (χ3n) is 2.03. The smallest absolute Gasteiger partial charge is 0.119 e.